The average Bonchev–Trinajstić information content (AvgIpc) is 2.57. The molecule has 3 rings (SSSR count). The maximum atomic E-state index is 9.92. The fourth-order valence-electron chi connectivity index (χ4n) is 2.62. The molecule has 1 saturated carbocycles. The number of hydrogen-bond acceptors (Lipinski definition) is 2. The molecule has 0 radical (unpaired) electrons. The summed E-state index contributed by atoms with van der Waals surface area (Å²) in [6, 6.07) is 0. The van der Waals surface area contributed by atoms with Crippen molar-refractivity contribution in [1.82, 2.24) is 0 Å². The molecule has 0 spiro atoms. The van der Waals surface area contributed by atoms with Crippen LogP contribution in [0.25, 0.3) is 0 Å². The minimum atomic E-state index is -0.273. The number of aliphatic hydroxyl groups excluding tert-OH is 1. The van der Waals surface area contributed by atoms with E-state index in [1.807, 2.05) is 12.2 Å². The molecule has 0 aromatic rings. The van der Waals surface area contributed by atoms with Crippen LogP contribution in [0.15, 0.2) is 35.5 Å². The summed E-state index contributed by atoms with van der Waals surface area (Å²) in [5, 5.41) is 9.92. The second-order valence-corrected chi connectivity index (χ2v) is 4.15. The van der Waals surface area contributed by atoms with Crippen molar-refractivity contribution in [2.75, 3.05) is 0 Å². The summed E-state index contributed by atoms with van der Waals surface area (Å²) in [6.07, 6.45) is 11.2. The van der Waals surface area contributed by atoms with Crippen LogP contribution in [0.3, 0.4) is 0 Å². The second kappa shape index (κ2) is 3.07. The molecule has 1 aliphatic heterocycles. The quantitative estimate of drug-likeness (QED) is 0.630. The zero-order valence-corrected chi connectivity index (χ0v) is 8.02. The maximum Gasteiger partial charge on any atom is 0.102 e. The molecule has 2 heteroatoms. The summed E-state index contributed by atoms with van der Waals surface area (Å²) in [4.78, 5) is 0. The first-order valence-electron chi connectivity index (χ1n) is 5.28. The SMILES string of the molecule is OC1CCCC2OC3C=CC=CC3=C12. The van der Waals surface area contributed by atoms with E-state index in [9.17, 15) is 5.11 Å². The third-order valence-corrected chi connectivity index (χ3v) is 3.27. The third kappa shape index (κ3) is 1.11. The van der Waals surface area contributed by atoms with Gasteiger partial charge in [-0.2, -0.15) is 0 Å². The van der Waals surface area contributed by atoms with Gasteiger partial charge in [-0.15, -0.1) is 0 Å². The van der Waals surface area contributed by atoms with Crippen molar-refractivity contribution in [2.24, 2.45) is 0 Å². The molecule has 0 saturated heterocycles. The van der Waals surface area contributed by atoms with Crippen LogP contribution in [0, 0.1) is 0 Å². The number of allylic oxidation sites excluding steroid dienone is 2. The maximum absolute atomic E-state index is 9.92. The summed E-state index contributed by atoms with van der Waals surface area (Å²) in [7, 11) is 0. The minimum absolute atomic E-state index is 0.104. The van der Waals surface area contributed by atoms with Gasteiger partial charge in [0, 0.05) is 0 Å². The fourth-order valence-corrected chi connectivity index (χ4v) is 2.62. The summed E-state index contributed by atoms with van der Waals surface area (Å²) >= 11 is 0. The molecule has 2 aliphatic carbocycles. The molecule has 2 nitrogen and oxygen atoms in total. The van der Waals surface area contributed by atoms with Crippen molar-refractivity contribution in [3.8, 4) is 0 Å². The Bertz CT molecular complexity index is 338. The lowest BCUT2D eigenvalue weighted by Crippen LogP contribution is -2.26. The Morgan fingerprint density at radius 1 is 1.29 bits per heavy atom. The van der Waals surface area contributed by atoms with Crippen LogP contribution >= 0.6 is 0 Å². The summed E-state index contributed by atoms with van der Waals surface area (Å²) < 4.78 is 5.87. The predicted octanol–water partition coefficient (Wildman–Crippen LogP) is 1.72. The highest BCUT2D eigenvalue weighted by atomic mass is 16.5. The molecule has 3 aliphatic rings. The van der Waals surface area contributed by atoms with E-state index in [0.717, 1.165) is 24.8 Å². The molecule has 0 aromatic carbocycles. The second-order valence-electron chi connectivity index (χ2n) is 4.15. The molecular formula is C12H14O2. The van der Waals surface area contributed by atoms with Gasteiger partial charge in [-0.05, 0) is 30.4 Å². The molecular weight excluding hydrogens is 176 g/mol. The number of fused-ring (bicyclic) bond motifs is 2. The summed E-state index contributed by atoms with van der Waals surface area (Å²) in [5.41, 5.74) is 2.34. The van der Waals surface area contributed by atoms with Crippen LogP contribution in [0.5, 0.6) is 0 Å². The fraction of sp³-hybridized carbons (Fsp3) is 0.500. The summed E-state index contributed by atoms with van der Waals surface area (Å²) in [6.45, 7) is 0. The molecule has 0 bridgehead atoms. The first kappa shape index (κ1) is 8.45. The predicted molar refractivity (Wildman–Crippen MR) is 53.8 cm³/mol. The van der Waals surface area contributed by atoms with Gasteiger partial charge in [0.15, 0.2) is 0 Å². The lowest BCUT2D eigenvalue weighted by atomic mass is 9.86. The third-order valence-electron chi connectivity index (χ3n) is 3.27. The van der Waals surface area contributed by atoms with E-state index >= 15 is 0 Å². The number of hydrogen-bond donors (Lipinski definition) is 1. The molecule has 0 amide bonds. The van der Waals surface area contributed by atoms with Crippen LogP contribution in [0.4, 0.5) is 0 Å². The Morgan fingerprint density at radius 2 is 2.21 bits per heavy atom. The average molecular weight is 190 g/mol. The van der Waals surface area contributed by atoms with E-state index in [2.05, 4.69) is 12.2 Å². The van der Waals surface area contributed by atoms with Gasteiger partial charge < -0.3 is 9.84 Å². The molecule has 74 valence electrons. The van der Waals surface area contributed by atoms with E-state index in [0.29, 0.717) is 0 Å². The van der Waals surface area contributed by atoms with E-state index in [1.165, 1.54) is 5.57 Å². The number of rotatable bonds is 0. The first-order chi connectivity index (χ1) is 6.86. The zero-order valence-electron chi connectivity index (χ0n) is 8.02. The van der Waals surface area contributed by atoms with E-state index < -0.39 is 0 Å². The largest absolute Gasteiger partial charge is 0.389 e. The minimum Gasteiger partial charge on any atom is -0.389 e. The molecule has 0 aromatic heterocycles. The van der Waals surface area contributed by atoms with Crippen molar-refractivity contribution < 1.29 is 9.84 Å². The molecule has 1 fully saturated rings. The van der Waals surface area contributed by atoms with Crippen LogP contribution in [0.1, 0.15) is 19.3 Å². The van der Waals surface area contributed by atoms with Crippen molar-refractivity contribution in [3.63, 3.8) is 0 Å². The smallest absolute Gasteiger partial charge is 0.102 e. The molecule has 3 atom stereocenters. The summed E-state index contributed by atoms with van der Waals surface area (Å²) in [5.74, 6) is 0. The van der Waals surface area contributed by atoms with Gasteiger partial charge in [0.25, 0.3) is 0 Å². The topological polar surface area (TPSA) is 29.5 Å². The molecule has 1 N–H and O–H groups in total. The van der Waals surface area contributed by atoms with E-state index in [4.69, 9.17) is 4.74 Å². The highest BCUT2D eigenvalue weighted by molar-refractivity contribution is 5.45. The Kier molecular flexibility index (Phi) is 1.85. The van der Waals surface area contributed by atoms with Crippen molar-refractivity contribution in [2.45, 2.75) is 37.6 Å². The number of ether oxygens (including phenoxy) is 1. The first-order valence-corrected chi connectivity index (χ1v) is 5.28. The van der Waals surface area contributed by atoms with E-state index in [1.54, 1.807) is 0 Å². The lowest BCUT2D eigenvalue weighted by Gasteiger charge is -2.25. The van der Waals surface area contributed by atoms with Crippen LogP contribution in [-0.4, -0.2) is 23.4 Å². The highest BCUT2D eigenvalue weighted by Gasteiger charge is 2.38. The van der Waals surface area contributed by atoms with Gasteiger partial charge in [0.05, 0.1) is 12.2 Å². The van der Waals surface area contributed by atoms with Crippen molar-refractivity contribution in [1.29, 1.82) is 0 Å². The standard InChI is InChI=1S/C12H14O2/c13-9-5-3-7-11-12(9)8-4-1-2-6-10(8)14-11/h1-2,4,6,9-11,13H,3,5,7H2. The molecule has 3 unspecified atom stereocenters. The van der Waals surface area contributed by atoms with Gasteiger partial charge in [0.2, 0.25) is 0 Å². The van der Waals surface area contributed by atoms with Gasteiger partial charge in [0.1, 0.15) is 6.10 Å². The van der Waals surface area contributed by atoms with Crippen LogP contribution < -0.4 is 0 Å². The normalized spacial score (nSPS) is 39.9. The van der Waals surface area contributed by atoms with Gasteiger partial charge in [-0.3, -0.25) is 0 Å². The Hall–Kier alpha value is -0.860. The van der Waals surface area contributed by atoms with Gasteiger partial charge >= 0.3 is 0 Å². The highest BCUT2D eigenvalue weighted by Crippen LogP contribution is 2.39. The van der Waals surface area contributed by atoms with Crippen molar-refractivity contribution >= 4 is 0 Å². The zero-order chi connectivity index (χ0) is 9.54. The molecule has 1 heterocycles. The Labute approximate surface area is 83.6 Å². The Balaban J connectivity index is 2.03. The Morgan fingerprint density at radius 3 is 3.14 bits per heavy atom. The van der Waals surface area contributed by atoms with E-state index in [-0.39, 0.29) is 18.3 Å². The van der Waals surface area contributed by atoms with Crippen LogP contribution in [0.2, 0.25) is 0 Å². The van der Waals surface area contributed by atoms with Crippen molar-refractivity contribution in [3.05, 3.63) is 35.5 Å². The van der Waals surface area contributed by atoms with Gasteiger partial charge in [-0.25, -0.2) is 0 Å². The van der Waals surface area contributed by atoms with Gasteiger partial charge in [-0.1, -0.05) is 24.3 Å². The lowest BCUT2D eigenvalue weighted by molar-refractivity contribution is 0.0423. The number of aliphatic hydroxyl groups is 1. The molecule has 14 heavy (non-hydrogen) atoms. The monoisotopic (exact) mass is 190 g/mol. The van der Waals surface area contributed by atoms with Crippen LogP contribution in [-0.2, 0) is 4.74 Å².